The molecule has 0 bridgehead atoms. The highest BCUT2D eigenvalue weighted by molar-refractivity contribution is 5.69. The van der Waals surface area contributed by atoms with Crippen molar-refractivity contribution in [2.45, 2.75) is 12.5 Å². The lowest BCUT2D eigenvalue weighted by molar-refractivity contribution is 0.0498. The molecule has 4 nitrogen and oxygen atoms in total. The van der Waals surface area contributed by atoms with Crippen LogP contribution in [0.3, 0.4) is 0 Å². The average molecular weight is 170 g/mol. The Labute approximate surface area is 71.4 Å². The highest BCUT2D eigenvalue weighted by Gasteiger charge is 2.26. The second kappa shape index (κ2) is 3.31. The molecule has 67 valence electrons. The smallest absolute Gasteiger partial charge is 0.410 e. The van der Waals surface area contributed by atoms with E-state index < -0.39 is 0 Å². The Morgan fingerprint density at radius 1 is 1.58 bits per heavy atom. The van der Waals surface area contributed by atoms with Crippen LogP contribution in [0.15, 0.2) is 0 Å². The first-order valence-electron chi connectivity index (χ1n) is 4.21. The topological polar surface area (TPSA) is 38.8 Å². The van der Waals surface area contributed by atoms with Crippen LogP contribution < -0.4 is 0 Å². The van der Waals surface area contributed by atoms with Crippen LogP contribution in [0.25, 0.3) is 0 Å². The zero-order valence-corrected chi connectivity index (χ0v) is 6.86. The van der Waals surface area contributed by atoms with E-state index in [-0.39, 0.29) is 12.2 Å². The molecule has 0 aromatic carbocycles. The molecule has 2 saturated heterocycles. The van der Waals surface area contributed by atoms with Gasteiger partial charge < -0.3 is 14.4 Å². The van der Waals surface area contributed by atoms with Crippen molar-refractivity contribution < 1.29 is 14.3 Å². The third kappa shape index (κ3) is 1.53. The fourth-order valence-electron chi connectivity index (χ4n) is 1.23. The van der Waals surface area contributed by atoms with Gasteiger partial charge in [0.1, 0.15) is 6.10 Å². The van der Waals surface area contributed by atoms with Crippen LogP contribution in [-0.2, 0) is 9.47 Å². The predicted molar refractivity (Wildman–Crippen MR) is 41.6 cm³/mol. The molecule has 0 saturated carbocycles. The molecule has 2 aliphatic heterocycles. The summed E-state index contributed by atoms with van der Waals surface area (Å²) in [4.78, 5) is 12.9. The Morgan fingerprint density at radius 2 is 2.42 bits per heavy atom. The van der Waals surface area contributed by atoms with Gasteiger partial charge in [-0.05, 0) is 0 Å². The first kappa shape index (κ1) is 7.86. The van der Waals surface area contributed by atoms with Gasteiger partial charge in [-0.15, -0.1) is 0 Å². The van der Waals surface area contributed by atoms with E-state index in [1.165, 1.54) is 0 Å². The van der Waals surface area contributed by atoms with Crippen LogP contribution >= 0.6 is 0 Å². The second-order valence-corrected chi connectivity index (χ2v) is 3.06. The lowest BCUT2D eigenvalue weighted by Gasteiger charge is -2.30. The number of carbonyl (C=O) groups is 1. The molecular formula is C8H12NO3. The largest absolute Gasteiger partial charge is 0.444 e. The molecule has 0 spiro atoms. The Morgan fingerprint density at radius 3 is 2.92 bits per heavy atom. The Kier molecular flexibility index (Phi) is 2.17. The molecule has 12 heavy (non-hydrogen) atoms. The van der Waals surface area contributed by atoms with E-state index in [1.807, 2.05) is 6.42 Å². The molecule has 1 radical (unpaired) electrons. The SMILES string of the molecule is O=C(OC1CCOC1)N1C[CH]C1. The van der Waals surface area contributed by atoms with Crippen molar-refractivity contribution in [1.82, 2.24) is 4.90 Å². The molecule has 2 rings (SSSR count). The molecule has 4 heteroatoms. The summed E-state index contributed by atoms with van der Waals surface area (Å²) in [5, 5.41) is 0. The van der Waals surface area contributed by atoms with E-state index in [9.17, 15) is 4.79 Å². The zero-order chi connectivity index (χ0) is 8.39. The molecule has 2 aliphatic rings. The van der Waals surface area contributed by atoms with Gasteiger partial charge in [-0.3, -0.25) is 0 Å². The number of rotatable bonds is 1. The van der Waals surface area contributed by atoms with Gasteiger partial charge in [-0.1, -0.05) is 0 Å². The van der Waals surface area contributed by atoms with Crippen molar-refractivity contribution in [3.05, 3.63) is 6.42 Å². The number of likely N-dealkylation sites (tertiary alicyclic amines) is 1. The molecule has 1 unspecified atom stereocenters. The van der Waals surface area contributed by atoms with E-state index in [4.69, 9.17) is 9.47 Å². The molecular weight excluding hydrogens is 158 g/mol. The van der Waals surface area contributed by atoms with Crippen molar-refractivity contribution in [2.24, 2.45) is 0 Å². The lowest BCUT2D eigenvalue weighted by Crippen LogP contribution is -2.44. The molecule has 0 N–H and O–H groups in total. The monoisotopic (exact) mass is 170 g/mol. The first-order valence-corrected chi connectivity index (χ1v) is 4.21. The minimum atomic E-state index is -0.201. The van der Waals surface area contributed by atoms with E-state index in [0.717, 1.165) is 19.5 Å². The Balaban J connectivity index is 1.73. The van der Waals surface area contributed by atoms with Gasteiger partial charge in [0.15, 0.2) is 0 Å². The van der Waals surface area contributed by atoms with Crippen LogP contribution in [0.5, 0.6) is 0 Å². The summed E-state index contributed by atoms with van der Waals surface area (Å²) in [6, 6.07) is 0. The molecule has 1 atom stereocenters. The van der Waals surface area contributed by atoms with Crippen molar-refractivity contribution >= 4 is 6.09 Å². The summed E-state index contributed by atoms with van der Waals surface area (Å²) in [7, 11) is 0. The summed E-state index contributed by atoms with van der Waals surface area (Å²) >= 11 is 0. The average Bonchev–Trinajstić information content (AvgIpc) is 2.34. The fourth-order valence-corrected chi connectivity index (χ4v) is 1.23. The quantitative estimate of drug-likeness (QED) is 0.573. The highest BCUT2D eigenvalue weighted by Crippen LogP contribution is 2.13. The molecule has 2 fully saturated rings. The van der Waals surface area contributed by atoms with Crippen LogP contribution in [-0.4, -0.2) is 43.4 Å². The van der Waals surface area contributed by atoms with Crippen molar-refractivity contribution in [2.75, 3.05) is 26.3 Å². The third-order valence-electron chi connectivity index (χ3n) is 2.11. The predicted octanol–water partition coefficient (Wildman–Crippen LogP) is 0.432. The van der Waals surface area contributed by atoms with E-state index in [2.05, 4.69) is 0 Å². The van der Waals surface area contributed by atoms with E-state index in [0.29, 0.717) is 13.2 Å². The van der Waals surface area contributed by atoms with E-state index >= 15 is 0 Å². The molecule has 0 aromatic heterocycles. The minimum absolute atomic E-state index is 0.0156. The van der Waals surface area contributed by atoms with Gasteiger partial charge in [0.2, 0.25) is 0 Å². The fraction of sp³-hybridized carbons (Fsp3) is 0.750. The van der Waals surface area contributed by atoms with Gasteiger partial charge in [0.05, 0.1) is 13.2 Å². The van der Waals surface area contributed by atoms with Crippen LogP contribution in [0.1, 0.15) is 6.42 Å². The van der Waals surface area contributed by atoms with Crippen LogP contribution in [0.4, 0.5) is 4.79 Å². The maximum absolute atomic E-state index is 11.2. The van der Waals surface area contributed by atoms with Gasteiger partial charge >= 0.3 is 6.09 Å². The maximum atomic E-state index is 11.2. The van der Waals surface area contributed by atoms with Crippen molar-refractivity contribution in [3.63, 3.8) is 0 Å². The summed E-state index contributed by atoms with van der Waals surface area (Å²) in [5.74, 6) is 0. The summed E-state index contributed by atoms with van der Waals surface area (Å²) in [6.45, 7) is 2.73. The van der Waals surface area contributed by atoms with Gasteiger partial charge in [0.25, 0.3) is 0 Å². The molecule has 0 aliphatic carbocycles. The summed E-state index contributed by atoms with van der Waals surface area (Å²) in [5.41, 5.74) is 0. The van der Waals surface area contributed by atoms with E-state index in [1.54, 1.807) is 4.90 Å². The van der Waals surface area contributed by atoms with Gasteiger partial charge in [0, 0.05) is 25.9 Å². The number of ether oxygens (including phenoxy) is 2. The number of hydrogen-bond acceptors (Lipinski definition) is 3. The van der Waals surface area contributed by atoms with Gasteiger partial charge in [-0.25, -0.2) is 4.79 Å². The molecule has 0 aromatic rings. The summed E-state index contributed by atoms with van der Waals surface area (Å²) < 4.78 is 10.2. The number of carbonyl (C=O) groups excluding carboxylic acids is 1. The minimum Gasteiger partial charge on any atom is -0.444 e. The maximum Gasteiger partial charge on any atom is 0.410 e. The van der Waals surface area contributed by atoms with Crippen LogP contribution in [0, 0.1) is 6.42 Å². The number of nitrogens with zero attached hydrogens (tertiary/aromatic N) is 1. The number of hydrogen-bond donors (Lipinski definition) is 0. The van der Waals surface area contributed by atoms with Crippen LogP contribution in [0.2, 0.25) is 0 Å². The van der Waals surface area contributed by atoms with Gasteiger partial charge in [-0.2, -0.15) is 0 Å². The molecule has 2 heterocycles. The second-order valence-electron chi connectivity index (χ2n) is 3.06. The third-order valence-corrected chi connectivity index (χ3v) is 2.11. The normalized spacial score (nSPS) is 28.3. The molecule has 1 amide bonds. The van der Waals surface area contributed by atoms with Crippen molar-refractivity contribution in [3.8, 4) is 0 Å². The zero-order valence-electron chi connectivity index (χ0n) is 6.86. The number of amides is 1. The Hall–Kier alpha value is -0.770. The van der Waals surface area contributed by atoms with Crippen molar-refractivity contribution in [1.29, 1.82) is 0 Å². The highest BCUT2D eigenvalue weighted by atomic mass is 16.6. The summed E-state index contributed by atoms with van der Waals surface area (Å²) in [6.07, 6.45) is 2.65. The Bertz CT molecular complexity index is 173. The standard InChI is InChI=1S/C8H12NO3/c10-8(9-3-1-4-9)12-7-2-5-11-6-7/h1,7H,2-6H2. The lowest BCUT2D eigenvalue weighted by atomic mass is 10.2. The first-order chi connectivity index (χ1) is 5.86.